The smallest absolute Gasteiger partial charge is 0.278 e. The van der Waals surface area contributed by atoms with Gasteiger partial charge in [0.05, 0.1) is 17.1 Å². The molecular weight excluding hydrogens is 332 g/mol. The Bertz CT molecular complexity index is 655. The molecule has 6 heteroatoms. The fourth-order valence-electron chi connectivity index (χ4n) is 2.25. The van der Waals surface area contributed by atoms with Gasteiger partial charge in [0.1, 0.15) is 0 Å². The molecule has 0 saturated carbocycles. The quantitative estimate of drug-likeness (QED) is 0.787. The van der Waals surface area contributed by atoms with Crippen LogP contribution in [0.25, 0.3) is 0 Å². The number of rotatable bonds is 4. The molecule has 0 aliphatic carbocycles. The maximum Gasteiger partial charge on any atom is 0.278 e. The molecule has 0 spiro atoms. The average molecular weight is 351 g/mol. The van der Waals surface area contributed by atoms with E-state index >= 15 is 0 Å². The van der Waals surface area contributed by atoms with Crippen LogP contribution < -0.4 is 11.1 Å². The highest BCUT2D eigenvalue weighted by Crippen LogP contribution is 2.28. The summed E-state index contributed by atoms with van der Waals surface area (Å²) >= 11 is 3.47. The second-order valence-electron chi connectivity index (χ2n) is 5.11. The number of halogens is 1. The normalized spacial score (nSPS) is 10.7. The van der Waals surface area contributed by atoms with E-state index in [2.05, 4.69) is 31.4 Å². The molecule has 0 unspecified atom stereocenters. The van der Waals surface area contributed by atoms with E-state index in [4.69, 9.17) is 5.73 Å². The lowest BCUT2D eigenvalue weighted by Crippen LogP contribution is -2.15. The van der Waals surface area contributed by atoms with Crippen LogP contribution in [0.3, 0.4) is 0 Å². The van der Waals surface area contributed by atoms with Crippen molar-refractivity contribution in [3.05, 3.63) is 39.1 Å². The van der Waals surface area contributed by atoms with Crippen molar-refractivity contribution in [1.29, 1.82) is 0 Å². The summed E-state index contributed by atoms with van der Waals surface area (Å²) in [6, 6.07) is 3.97. The summed E-state index contributed by atoms with van der Waals surface area (Å²) in [6.07, 6.45) is 1.72. The number of aryl methyl sites for hydroxylation is 3. The number of anilines is 2. The number of amides is 1. The Morgan fingerprint density at radius 2 is 2.14 bits per heavy atom. The van der Waals surface area contributed by atoms with Crippen molar-refractivity contribution in [3.8, 4) is 0 Å². The number of nitrogens with zero attached hydrogens (tertiary/aromatic N) is 1. The molecule has 0 bridgehead atoms. The monoisotopic (exact) mass is 350 g/mol. The highest BCUT2D eigenvalue weighted by Gasteiger charge is 2.18. The van der Waals surface area contributed by atoms with Gasteiger partial charge in [0.25, 0.3) is 5.91 Å². The lowest BCUT2D eigenvalue weighted by atomic mass is 10.1. The van der Waals surface area contributed by atoms with Crippen molar-refractivity contribution in [2.45, 2.75) is 33.6 Å². The fourth-order valence-corrected chi connectivity index (χ4v) is 3.02. The molecule has 0 aliphatic rings. The Balaban J connectivity index is 2.27. The third kappa shape index (κ3) is 3.26. The molecule has 1 aromatic heterocycles. The zero-order valence-electron chi connectivity index (χ0n) is 12.4. The second-order valence-corrected chi connectivity index (χ2v) is 5.96. The number of aromatic nitrogens is 2. The van der Waals surface area contributed by atoms with E-state index in [1.807, 2.05) is 32.9 Å². The van der Waals surface area contributed by atoms with E-state index < -0.39 is 0 Å². The molecule has 5 nitrogen and oxygen atoms in total. The zero-order chi connectivity index (χ0) is 15.6. The van der Waals surface area contributed by atoms with E-state index in [1.54, 1.807) is 0 Å². The Hall–Kier alpha value is -1.82. The Labute approximate surface area is 132 Å². The van der Waals surface area contributed by atoms with Crippen molar-refractivity contribution in [2.75, 3.05) is 11.1 Å². The summed E-state index contributed by atoms with van der Waals surface area (Å²) < 4.78 is 0.844. The Kier molecular flexibility index (Phi) is 4.67. The van der Waals surface area contributed by atoms with Crippen molar-refractivity contribution in [1.82, 2.24) is 10.2 Å². The number of carbonyl (C=O) groups excluding carboxylic acids is 1. The van der Waals surface area contributed by atoms with E-state index in [-0.39, 0.29) is 11.6 Å². The number of carbonyl (C=O) groups is 1. The van der Waals surface area contributed by atoms with Gasteiger partial charge in [0.2, 0.25) is 0 Å². The van der Waals surface area contributed by atoms with Gasteiger partial charge in [0.15, 0.2) is 5.69 Å². The Morgan fingerprint density at radius 1 is 1.43 bits per heavy atom. The first-order valence-electron chi connectivity index (χ1n) is 6.84. The molecule has 0 saturated heterocycles. The van der Waals surface area contributed by atoms with Gasteiger partial charge >= 0.3 is 0 Å². The maximum atomic E-state index is 12.3. The first-order valence-corrected chi connectivity index (χ1v) is 7.64. The number of nitrogens with one attached hydrogen (secondary N) is 2. The number of hydrogen-bond acceptors (Lipinski definition) is 3. The SMILES string of the molecule is CCCc1[nH]nc(C(=O)Nc2c(C)cc(C)cc2Br)c1N. The highest BCUT2D eigenvalue weighted by molar-refractivity contribution is 9.10. The van der Waals surface area contributed by atoms with Crippen LogP contribution in [-0.2, 0) is 6.42 Å². The van der Waals surface area contributed by atoms with Crippen LogP contribution in [0.5, 0.6) is 0 Å². The summed E-state index contributed by atoms with van der Waals surface area (Å²) in [7, 11) is 0. The number of nitrogens with two attached hydrogens (primary N) is 1. The fraction of sp³-hybridized carbons (Fsp3) is 0.333. The molecule has 0 fully saturated rings. The summed E-state index contributed by atoms with van der Waals surface area (Å²) in [5.41, 5.74) is 10.3. The highest BCUT2D eigenvalue weighted by atomic mass is 79.9. The molecule has 0 atom stereocenters. The minimum atomic E-state index is -0.307. The number of aromatic amines is 1. The number of hydrogen-bond donors (Lipinski definition) is 3. The summed E-state index contributed by atoms with van der Waals surface area (Å²) in [5.74, 6) is -0.307. The molecule has 0 aliphatic heterocycles. The molecule has 1 amide bonds. The third-order valence-electron chi connectivity index (χ3n) is 3.27. The number of benzene rings is 1. The lowest BCUT2D eigenvalue weighted by molar-refractivity contribution is 0.102. The predicted octanol–water partition coefficient (Wildman–Crippen LogP) is 3.58. The lowest BCUT2D eigenvalue weighted by Gasteiger charge is -2.11. The van der Waals surface area contributed by atoms with Crippen molar-refractivity contribution < 1.29 is 4.79 Å². The summed E-state index contributed by atoms with van der Waals surface area (Å²) in [5, 5.41) is 9.73. The molecule has 2 aromatic rings. The van der Waals surface area contributed by atoms with Gasteiger partial charge in [-0.2, -0.15) is 5.10 Å². The van der Waals surface area contributed by atoms with Gasteiger partial charge in [-0.3, -0.25) is 9.89 Å². The van der Waals surface area contributed by atoms with E-state index in [9.17, 15) is 4.79 Å². The number of H-pyrrole nitrogens is 1. The Morgan fingerprint density at radius 3 is 2.76 bits per heavy atom. The van der Waals surface area contributed by atoms with E-state index in [0.29, 0.717) is 5.69 Å². The van der Waals surface area contributed by atoms with Crippen LogP contribution in [0.15, 0.2) is 16.6 Å². The van der Waals surface area contributed by atoms with Crippen molar-refractivity contribution >= 4 is 33.2 Å². The average Bonchev–Trinajstić information content (AvgIpc) is 2.76. The van der Waals surface area contributed by atoms with Crippen LogP contribution in [-0.4, -0.2) is 16.1 Å². The molecule has 1 heterocycles. The topological polar surface area (TPSA) is 83.8 Å². The summed E-state index contributed by atoms with van der Waals surface area (Å²) in [6.45, 7) is 6.00. The van der Waals surface area contributed by atoms with Crippen molar-refractivity contribution in [3.63, 3.8) is 0 Å². The van der Waals surface area contributed by atoms with Gasteiger partial charge in [-0.15, -0.1) is 0 Å². The first kappa shape index (κ1) is 15.6. The third-order valence-corrected chi connectivity index (χ3v) is 3.89. The maximum absolute atomic E-state index is 12.3. The number of nitrogen functional groups attached to an aromatic ring is 1. The molecule has 21 heavy (non-hydrogen) atoms. The van der Waals surface area contributed by atoms with Crippen LogP contribution in [0.4, 0.5) is 11.4 Å². The van der Waals surface area contributed by atoms with Gasteiger partial charge in [0, 0.05) is 4.47 Å². The van der Waals surface area contributed by atoms with Gasteiger partial charge in [-0.1, -0.05) is 19.4 Å². The van der Waals surface area contributed by atoms with E-state index in [1.165, 1.54) is 0 Å². The minimum Gasteiger partial charge on any atom is -0.395 e. The van der Waals surface area contributed by atoms with E-state index in [0.717, 1.165) is 39.8 Å². The zero-order valence-corrected chi connectivity index (χ0v) is 14.0. The molecule has 112 valence electrons. The summed E-state index contributed by atoms with van der Waals surface area (Å²) in [4.78, 5) is 12.3. The minimum absolute atomic E-state index is 0.241. The van der Waals surface area contributed by atoms with Gasteiger partial charge in [-0.05, 0) is 53.4 Å². The molecule has 0 radical (unpaired) electrons. The second kappa shape index (κ2) is 6.30. The molecule has 4 N–H and O–H groups in total. The van der Waals surface area contributed by atoms with Crippen LogP contribution in [0, 0.1) is 13.8 Å². The molecular formula is C15H19BrN4O. The molecule has 1 aromatic carbocycles. The van der Waals surface area contributed by atoms with Gasteiger partial charge in [-0.25, -0.2) is 0 Å². The largest absolute Gasteiger partial charge is 0.395 e. The van der Waals surface area contributed by atoms with Crippen molar-refractivity contribution in [2.24, 2.45) is 0 Å². The first-order chi connectivity index (χ1) is 9.93. The molecule has 2 rings (SSSR count). The van der Waals surface area contributed by atoms with Crippen LogP contribution in [0.2, 0.25) is 0 Å². The van der Waals surface area contributed by atoms with Crippen LogP contribution >= 0.6 is 15.9 Å². The standard InChI is InChI=1S/C15H19BrN4O/c1-4-5-11-12(17)14(20-19-11)15(21)18-13-9(3)6-8(2)7-10(13)16/h6-7H,4-5,17H2,1-3H3,(H,18,21)(H,19,20). The van der Waals surface area contributed by atoms with Gasteiger partial charge < -0.3 is 11.1 Å². The predicted molar refractivity (Wildman–Crippen MR) is 88.6 cm³/mol. The van der Waals surface area contributed by atoms with Crippen LogP contribution in [0.1, 0.15) is 40.7 Å².